The number of rotatable bonds is 6. The Kier molecular flexibility index (Phi) is 6.88. The van der Waals surface area contributed by atoms with Crippen molar-refractivity contribution in [2.45, 2.75) is 58.0 Å². The highest BCUT2D eigenvalue weighted by molar-refractivity contribution is 5.89. The van der Waals surface area contributed by atoms with E-state index in [1.165, 1.54) is 19.4 Å². The Bertz CT molecular complexity index is 921. The molecule has 1 fully saturated rings. The van der Waals surface area contributed by atoms with Crippen LogP contribution in [0.5, 0.6) is 5.75 Å². The molecule has 0 saturated carbocycles. The molecule has 1 saturated heterocycles. The monoisotopic (exact) mass is 424 g/mol. The lowest BCUT2D eigenvalue weighted by molar-refractivity contribution is -0.152. The van der Waals surface area contributed by atoms with Gasteiger partial charge in [-0.2, -0.15) is 0 Å². The number of carboxylic acid groups (broad SMARTS) is 1. The predicted octanol–water partition coefficient (Wildman–Crippen LogP) is 5.46. The zero-order valence-corrected chi connectivity index (χ0v) is 18.7. The van der Waals surface area contributed by atoms with E-state index >= 15 is 0 Å². The van der Waals surface area contributed by atoms with Crippen LogP contribution >= 0.6 is 0 Å². The van der Waals surface area contributed by atoms with Gasteiger partial charge < -0.3 is 20.1 Å². The molecule has 0 radical (unpaired) electrons. The molecule has 31 heavy (non-hydrogen) atoms. The van der Waals surface area contributed by atoms with Crippen LogP contribution in [0.4, 0.5) is 10.5 Å². The maximum Gasteiger partial charge on any atom is 0.347 e. The van der Waals surface area contributed by atoms with Gasteiger partial charge in [0.1, 0.15) is 5.75 Å². The maximum absolute atomic E-state index is 12.8. The average molecular weight is 425 g/mol. The molecule has 3 rings (SSSR count). The minimum absolute atomic E-state index is 0.0959. The molecule has 0 aromatic heterocycles. The van der Waals surface area contributed by atoms with E-state index in [0.717, 1.165) is 24.1 Å². The Hall–Kier alpha value is -3.02. The van der Waals surface area contributed by atoms with E-state index in [1.54, 1.807) is 6.07 Å². The molecule has 1 heterocycles. The maximum atomic E-state index is 12.8. The van der Waals surface area contributed by atoms with Gasteiger partial charge in [0.25, 0.3) is 0 Å². The van der Waals surface area contributed by atoms with E-state index in [2.05, 4.69) is 19.2 Å². The van der Waals surface area contributed by atoms with Crippen molar-refractivity contribution in [3.63, 3.8) is 0 Å². The molecule has 0 aliphatic carbocycles. The van der Waals surface area contributed by atoms with Crippen LogP contribution in [0.15, 0.2) is 48.5 Å². The zero-order valence-electron chi connectivity index (χ0n) is 18.7. The van der Waals surface area contributed by atoms with Crippen molar-refractivity contribution in [3.05, 3.63) is 59.7 Å². The van der Waals surface area contributed by atoms with Gasteiger partial charge in [-0.15, -0.1) is 0 Å². The quantitative estimate of drug-likeness (QED) is 0.645. The topological polar surface area (TPSA) is 78.9 Å². The molecular formula is C25H32N2O4. The minimum Gasteiger partial charge on any atom is -0.478 e. The minimum atomic E-state index is -1.30. The Morgan fingerprint density at radius 3 is 2.52 bits per heavy atom. The van der Waals surface area contributed by atoms with Gasteiger partial charge in [-0.1, -0.05) is 38.1 Å². The highest BCUT2D eigenvalue weighted by Gasteiger charge is 2.30. The van der Waals surface area contributed by atoms with E-state index < -0.39 is 11.6 Å². The van der Waals surface area contributed by atoms with Crippen LogP contribution in [0.3, 0.4) is 0 Å². The van der Waals surface area contributed by atoms with E-state index in [1.807, 2.05) is 47.4 Å². The molecule has 0 spiro atoms. The molecular weight excluding hydrogens is 392 g/mol. The van der Waals surface area contributed by atoms with E-state index in [4.69, 9.17) is 4.74 Å². The summed E-state index contributed by atoms with van der Waals surface area (Å²) in [5, 5.41) is 12.3. The largest absolute Gasteiger partial charge is 0.478 e. The van der Waals surface area contributed by atoms with Crippen molar-refractivity contribution in [1.29, 1.82) is 0 Å². The first kappa shape index (κ1) is 22.7. The van der Waals surface area contributed by atoms with Crippen molar-refractivity contribution >= 4 is 17.7 Å². The number of carboxylic acids is 1. The molecule has 166 valence electrons. The van der Waals surface area contributed by atoms with E-state index in [9.17, 15) is 14.7 Å². The normalized spacial score (nSPS) is 16.8. The fourth-order valence-corrected chi connectivity index (χ4v) is 3.76. The number of hydrogen-bond donors (Lipinski definition) is 2. The van der Waals surface area contributed by atoms with Gasteiger partial charge in [0.2, 0.25) is 0 Å². The third kappa shape index (κ3) is 5.78. The lowest BCUT2D eigenvalue weighted by atomic mass is 9.90. The number of urea groups is 1. The molecule has 1 atom stereocenters. The summed E-state index contributed by atoms with van der Waals surface area (Å²) < 4.78 is 5.68. The number of anilines is 1. The SMILES string of the molecule is CC(C)c1ccc(NC(=O)N2CCC[C@H](c3cccc(OC(C)(C)C(=O)O)c3)C2)cc1. The fraction of sp³-hybridized carbons (Fsp3) is 0.440. The van der Waals surface area contributed by atoms with Crippen LogP contribution < -0.4 is 10.1 Å². The van der Waals surface area contributed by atoms with Gasteiger partial charge in [0, 0.05) is 24.7 Å². The van der Waals surface area contributed by atoms with Crippen molar-refractivity contribution in [2.75, 3.05) is 18.4 Å². The second kappa shape index (κ2) is 9.41. The number of amides is 2. The molecule has 2 N–H and O–H groups in total. The number of carbonyl (C=O) groups is 2. The smallest absolute Gasteiger partial charge is 0.347 e. The number of nitrogens with zero attached hydrogens (tertiary/aromatic N) is 1. The number of piperidine rings is 1. The number of hydrogen-bond acceptors (Lipinski definition) is 3. The standard InChI is InChI=1S/C25H32N2O4/c1-17(2)18-10-12-21(13-11-18)26-24(30)27-14-6-8-20(16-27)19-7-5-9-22(15-19)31-25(3,4)23(28)29/h5,7,9-13,15,17,20H,6,8,14,16H2,1-4H3,(H,26,30)(H,28,29)/t20-/m0/s1. The zero-order chi connectivity index (χ0) is 22.6. The summed E-state index contributed by atoms with van der Waals surface area (Å²) >= 11 is 0. The second-order valence-corrected chi connectivity index (χ2v) is 8.98. The number of likely N-dealkylation sites (tertiary alicyclic amines) is 1. The third-order valence-corrected chi connectivity index (χ3v) is 5.75. The van der Waals surface area contributed by atoms with Crippen LogP contribution in [0.1, 0.15) is 63.5 Å². The Balaban J connectivity index is 1.65. The molecule has 6 nitrogen and oxygen atoms in total. The van der Waals surface area contributed by atoms with E-state index in [0.29, 0.717) is 24.8 Å². The number of carbonyl (C=O) groups excluding carboxylic acids is 1. The summed E-state index contributed by atoms with van der Waals surface area (Å²) in [6.07, 6.45) is 1.88. The summed E-state index contributed by atoms with van der Waals surface area (Å²) in [5.74, 6) is 0.143. The van der Waals surface area contributed by atoms with Crippen LogP contribution in [0, 0.1) is 0 Å². The molecule has 2 aromatic rings. The number of benzene rings is 2. The lowest BCUT2D eigenvalue weighted by Crippen LogP contribution is -2.41. The van der Waals surface area contributed by atoms with Crippen molar-refractivity contribution in [3.8, 4) is 5.75 Å². The van der Waals surface area contributed by atoms with Gasteiger partial charge in [-0.25, -0.2) is 9.59 Å². The first-order valence-corrected chi connectivity index (χ1v) is 10.8. The Labute approximate surface area is 184 Å². The summed E-state index contributed by atoms with van der Waals surface area (Å²) in [6, 6.07) is 15.4. The summed E-state index contributed by atoms with van der Waals surface area (Å²) in [4.78, 5) is 26.0. The number of nitrogens with one attached hydrogen (secondary N) is 1. The molecule has 1 aliphatic heterocycles. The highest BCUT2D eigenvalue weighted by Crippen LogP contribution is 2.30. The molecule has 1 aliphatic rings. The van der Waals surface area contributed by atoms with Gasteiger partial charge in [-0.3, -0.25) is 0 Å². The van der Waals surface area contributed by atoms with Crippen LogP contribution in [0.2, 0.25) is 0 Å². The fourth-order valence-electron chi connectivity index (χ4n) is 3.76. The third-order valence-electron chi connectivity index (χ3n) is 5.75. The number of ether oxygens (including phenoxy) is 1. The first-order valence-electron chi connectivity index (χ1n) is 10.8. The van der Waals surface area contributed by atoms with Gasteiger partial charge in [-0.05, 0) is 68.0 Å². The lowest BCUT2D eigenvalue weighted by Gasteiger charge is -2.33. The summed E-state index contributed by atoms with van der Waals surface area (Å²) in [7, 11) is 0. The second-order valence-electron chi connectivity index (χ2n) is 8.98. The molecule has 2 aromatic carbocycles. The van der Waals surface area contributed by atoms with Crippen LogP contribution in [0.25, 0.3) is 0 Å². The molecule has 0 unspecified atom stereocenters. The van der Waals surface area contributed by atoms with Crippen molar-refractivity contribution < 1.29 is 19.4 Å². The number of aliphatic carboxylic acids is 1. The van der Waals surface area contributed by atoms with Gasteiger partial charge in [0.15, 0.2) is 5.60 Å². The molecule has 2 amide bonds. The highest BCUT2D eigenvalue weighted by atomic mass is 16.5. The van der Waals surface area contributed by atoms with Crippen LogP contribution in [-0.2, 0) is 4.79 Å². The molecule has 6 heteroatoms. The Morgan fingerprint density at radius 2 is 1.87 bits per heavy atom. The van der Waals surface area contributed by atoms with E-state index in [-0.39, 0.29) is 11.9 Å². The first-order chi connectivity index (χ1) is 14.7. The summed E-state index contributed by atoms with van der Waals surface area (Å²) in [6.45, 7) is 8.68. The van der Waals surface area contributed by atoms with Crippen molar-refractivity contribution in [1.82, 2.24) is 4.90 Å². The van der Waals surface area contributed by atoms with Gasteiger partial charge >= 0.3 is 12.0 Å². The molecule has 0 bridgehead atoms. The average Bonchev–Trinajstić information content (AvgIpc) is 2.74. The Morgan fingerprint density at radius 1 is 1.16 bits per heavy atom. The van der Waals surface area contributed by atoms with Crippen molar-refractivity contribution in [2.24, 2.45) is 0 Å². The predicted molar refractivity (Wildman–Crippen MR) is 122 cm³/mol. The van der Waals surface area contributed by atoms with Gasteiger partial charge in [0.05, 0.1) is 0 Å². The van der Waals surface area contributed by atoms with Crippen LogP contribution in [-0.4, -0.2) is 40.7 Å². The summed E-state index contributed by atoms with van der Waals surface area (Å²) in [5.41, 5.74) is 1.78.